The summed E-state index contributed by atoms with van der Waals surface area (Å²) in [5.41, 5.74) is 1.66. The number of hydrogen-bond donors (Lipinski definition) is 2. The second-order valence-corrected chi connectivity index (χ2v) is 5.03. The molecule has 0 aliphatic rings. The van der Waals surface area contributed by atoms with Gasteiger partial charge in [-0.3, -0.25) is 9.59 Å². The maximum absolute atomic E-state index is 11.8. The van der Waals surface area contributed by atoms with Crippen LogP contribution in [0.1, 0.15) is 25.3 Å². The predicted octanol–water partition coefficient (Wildman–Crippen LogP) is 2.52. The van der Waals surface area contributed by atoms with Crippen molar-refractivity contribution in [1.29, 1.82) is 0 Å². The van der Waals surface area contributed by atoms with Crippen molar-refractivity contribution >= 4 is 29.2 Å². The van der Waals surface area contributed by atoms with E-state index in [0.29, 0.717) is 36.7 Å². The topological polar surface area (TPSA) is 67.4 Å². The highest BCUT2D eigenvalue weighted by molar-refractivity contribution is 6.31. The van der Waals surface area contributed by atoms with E-state index in [1.165, 1.54) is 0 Å². The van der Waals surface area contributed by atoms with Gasteiger partial charge >= 0.3 is 5.97 Å². The largest absolute Gasteiger partial charge is 0.466 e. The molecular formula is C15H21ClN2O3. The van der Waals surface area contributed by atoms with Gasteiger partial charge in [-0.05, 0) is 44.5 Å². The van der Waals surface area contributed by atoms with Gasteiger partial charge < -0.3 is 15.4 Å². The number of ether oxygens (including phenoxy) is 1. The molecule has 2 N–H and O–H groups in total. The van der Waals surface area contributed by atoms with Crippen LogP contribution in [-0.4, -0.2) is 31.6 Å². The predicted molar refractivity (Wildman–Crippen MR) is 83.6 cm³/mol. The Kier molecular flexibility index (Phi) is 7.79. The van der Waals surface area contributed by atoms with Gasteiger partial charge in [0.05, 0.1) is 13.2 Å². The number of nitrogens with one attached hydrogen (secondary N) is 2. The van der Waals surface area contributed by atoms with Gasteiger partial charge in [0.15, 0.2) is 0 Å². The second kappa shape index (κ2) is 9.37. The van der Waals surface area contributed by atoms with Crippen LogP contribution in [0, 0.1) is 6.92 Å². The van der Waals surface area contributed by atoms with Crippen LogP contribution in [-0.2, 0) is 14.3 Å². The quantitative estimate of drug-likeness (QED) is 0.572. The molecule has 0 saturated carbocycles. The number of carbonyl (C=O) groups is 2. The number of hydrogen-bond acceptors (Lipinski definition) is 4. The van der Waals surface area contributed by atoms with E-state index in [1.54, 1.807) is 19.1 Å². The number of anilines is 1. The van der Waals surface area contributed by atoms with Crippen molar-refractivity contribution in [2.24, 2.45) is 0 Å². The highest BCUT2D eigenvalue weighted by Gasteiger charge is 2.06. The number of benzene rings is 1. The molecular weight excluding hydrogens is 292 g/mol. The van der Waals surface area contributed by atoms with Gasteiger partial charge in [-0.2, -0.15) is 0 Å². The number of aryl methyl sites for hydroxylation is 1. The van der Waals surface area contributed by atoms with Crippen LogP contribution in [0.25, 0.3) is 0 Å². The van der Waals surface area contributed by atoms with E-state index >= 15 is 0 Å². The zero-order chi connectivity index (χ0) is 15.7. The smallest absolute Gasteiger partial charge is 0.305 e. The first kappa shape index (κ1) is 17.5. The van der Waals surface area contributed by atoms with Gasteiger partial charge in [-0.15, -0.1) is 0 Å². The van der Waals surface area contributed by atoms with E-state index in [0.717, 1.165) is 5.56 Å². The standard InChI is InChI=1S/C15H21ClN2O3/c1-3-21-15(20)5-4-8-17-10-14(19)18-13-9-12(16)7-6-11(13)2/h6-7,9,17H,3-5,8,10H2,1-2H3,(H,18,19). The number of halogens is 1. The second-order valence-electron chi connectivity index (χ2n) is 4.59. The highest BCUT2D eigenvalue weighted by Crippen LogP contribution is 2.19. The highest BCUT2D eigenvalue weighted by atomic mass is 35.5. The molecule has 0 radical (unpaired) electrons. The minimum Gasteiger partial charge on any atom is -0.466 e. The molecule has 0 aliphatic heterocycles. The summed E-state index contributed by atoms with van der Waals surface area (Å²) in [7, 11) is 0. The lowest BCUT2D eigenvalue weighted by molar-refractivity contribution is -0.143. The molecule has 1 amide bonds. The molecule has 116 valence electrons. The third-order valence-corrected chi connectivity index (χ3v) is 3.03. The van der Waals surface area contributed by atoms with Crippen LogP contribution in [0.4, 0.5) is 5.69 Å². The van der Waals surface area contributed by atoms with Crippen molar-refractivity contribution in [3.63, 3.8) is 0 Å². The Morgan fingerprint density at radius 2 is 2.10 bits per heavy atom. The van der Waals surface area contributed by atoms with E-state index in [9.17, 15) is 9.59 Å². The van der Waals surface area contributed by atoms with Gasteiger partial charge in [0.2, 0.25) is 5.91 Å². The van der Waals surface area contributed by atoms with Gasteiger partial charge in [0.25, 0.3) is 0 Å². The lowest BCUT2D eigenvalue weighted by Gasteiger charge is -2.09. The van der Waals surface area contributed by atoms with E-state index < -0.39 is 0 Å². The summed E-state index contributed by atoms with van der Waals surface area (Å²) in [6, 6.07) is 5.35. The monoisotopic (exact) mass is 312 g/mol. The third kappa shape index (κ3) is 7.11. The molecule has 6 heteroatoms. The summed E-state index contributed by atoms with van der Waals surface area (Å²) in [5.74, 6) is -0.352. The number of esters is 1. The summed E-state index contributed by atoms with van der Waals surface area (Å²) in [5, 5.41) is 6.36. The van der Waals surface area contributed by atoms with Crippen molar-refractivity contribution in [3.8, 4) is 0 Å². The van der Waals surface area contributed by atoms with Crippen molar-refractivity contribution in [1.82, 2.24) is 5.32 Å². The molecule has 0 atom stereocenters. The Morgan fingerprint density at radius 1 is 1.33 bits per heavy atom. The summed E-state index contributed by atoms with van der Waals surface area (Å²) < 4.78 is 4.81. The fourth-order valence-electron chi connectivity index (χ4n) is 1.72. The Hall–Kier alpha value is -1.59. The minimum atomic E-state index is -0.210. The molecule has 21 heavy (non-hydrogen) atoms. The number of amides is 1. The van der Waals surface area contributed by atoms with E-state index in [4.69, 9.17) is 16.3 Å². The Balaban J connectivity index is 2.22. The molecule has 0 spiro atoms. The van der Waals surface area contributed by atoms with Gasteiger partial charge in [0.1, 0.15) is 0 Å². The molecule has 1 aromatic rings. The van der Waals surface area contributed by atoms with E-state index in [2.05, 4.69) is 10.6 Å². The number of carbonyl (C=O) groups excluding carboxylic acids is 2. The maximum Gasteiger partial charge on any atom is 0.305 e. The molecule has 0 fully saturated rings. The first-order valence-corrected chi connectivity index (χ1v) is 7.33. The minimum absolute atomic E-state index is 0.142. The molecule has 0 bridgehead atoms. The summed E-state index contributed by atoms with van der Waals surface area (Å²) in [6.45, 7) is 4.85. The third-order valence-electron chi connectivity index (χ3n) is 2.80. The van der Waals surface area contributed by atoms with Crippen LogP contribution in [0.15, 0.2) is 18.2 Å². The first-order valence-electron chi connectivity index (χ1n) is 6.95. The van der Waals surface area contributed by atoms with E-state index in [-0.39, 0.29) is 18.4 Å². The van der Waals surface area contributed by atoms with Crippen LogP contribution >= 0.6 is 11.6 Å². The number of rotatable bonds is 8. The summed E-state index contributed by atoms with van der Waals surface area (Å²) in [4.78, 5) is 22.9. The maximum atomic E-state index is 11.8. The normalized spacial score (nSPS) is 10.2. The Morgan fingerprint density at radius 3 is 2.81 bits per heavy atom. The average Bonchev–Trinajstić information content (AvgIpc) is 2.43. The zero-order valence-electron chi connectivity index (χ0n) is 12.4. The average molecular weight is 313 g/mol. The van der Waals surface area contributed by atoms with Gasteiger partial charge in [-0.1, -0.05) is 17.7 Å². The van der Waals surface area contributed by atoms with Gasteiger partial charge in [-0.25, -0.2) is 0 Å². The molecule has 0 heterocycles. The molecule has 1 aromatic carbocycles. The lowest BCUT2D eigenvalue weighted by atomic mass is 10.2. The summed E-state index contributed by atoms with van der Waals surface area (Å²) in [6.07, 6.45) is 0.998. The van der Waals surface area contributed by atoms with Crippen molar-refractivity contribution in [2.75, 3.05) is 25.0 Å². The molecule has 1 rings (SSSR count). The lowest BCUT2D eigenvalue weighted by Crippen LogP contribution is -2.29. The van der Waals surface area contributed by atoms with Crippen LogP contribution in [0.2, 0.25) is 5.02 Å². The van der Waals surface area contributed by atoms with Crippen molar-refractivity contribution < 1.29 is 14.3 Å². The Bertz CT molecular complexity index is 492. The molecule has 0 saturated heterocycles. The zero-order valence-corrected chi connectivity index (χ0v) is 13.1. The van der Waals surface area contributed by atoms with E-state index in [1.807, 2.05) is 13.0 Å². The fourth-order valence-corrected chi connectivity index (χ4v) is 1.89. The van der Waals surface area contributed by atoms with Crippen LogP contribution < -0.4 is 10.6 Å². The van der Waals surface area contributed by atoms with Crippen molar-refractivity contribution in [2.45, 2.75) is 26.7 Å². The molecule has 0 unspecified atom stereocenters. The van der Waals surface area contributed by atoms with Crippen LogP contribution in [0.5, 0.6) is 0 Å². The SMILES string of the molecule is CCOC(=O)CCCNCC(=O)Nc1cc(Cl)ccc1C. The van der Waals surface area contributed by atoms with Gasteiger partial charge in [0, 0.05) is 17.1 Å². The molecule has 5 nitrogen and oxygen atoms in total. The fraction of sp³-hybridized carbons (Fsp3) is 0.467. The Labute approximate surface area is 130 Å². The van der Waals surface area contributed by atoms with Crippen LogP contribution in [0.3, 0.4) is 0 Å². The molecule has 0 aromatic heterocycles. The summed E-state index contributed by atoms with van der Waals surface area (Å²) >= 11 is 5.89. The van der Waals surface area contributed by atoms with Crippen molar-refractivity contribution in [3.05, 3.63) is 28.8 Å². The molecule has 0 aliphatic carbocycles. The first-order chi connectivity index (χ1) is 10.0.